The predicted molar refractivity (Wildman–Crippen MR) is 96.6 cm³/mol. The van der Waals surface area contributed by atoms with Crippen molar-refractivity contribution >= 4 is 5.91 Å². The van der Waals surface area contributed by atoms with E-state index in [2.05, 4.69) is 10.3 Å². The third-order valence-corrected chi connectivity index (χ3v) is 4.01. The van der Waals surface area contributed by atoms with Crippen LogP contribution < -0.4 is 5.32 Å². The van der Waals surface area contributed by atoms with Crippen molar-refractivity contribution in [2.24, 2.45) is 0 Å². The highest BCUT2D eigenvalue weighted by Crippen LogP contribution is 2.24. The van der Waals surface area contributed by atoms with E-state index in [0.717, 1.165) is 23.2 Å². The molecule has 3 heteroatoms. The van der Waals surface area contributed by atoms with Gasteiger partial charge in [-0.15, -0.1) is 0 Å². The molecule has 1 atom stereocenters. The number of carbonyl (C=O) groups excluding carboxylic acids is 1. The lowest BCUT2D eigenvalue weighted by molar-refractivity contribution is 0.0935. The van der Waals surface area contributed by atoms with Gasteiger partial charge in [0.1, 0.15) is 0 Å². The Morgan fingerprint density at radius 1 is 0.958 bits per heavy atom. The maximum Gasteiger partial charge on any atom is 0.252 e. The van der Waals surface area contributed by atoms with Crippen molar-refractivity contribution in [1.29, 1.82) is 0 Å². The van der Waals surface area contributed by atoms with Gasteiger partial charge in [-0.25, -0.2) is 0 Å². The second-order valence-corrected chi connectivity index (χ2v) is 5.60. The Bertz CT molecular complexity index is 800. The summed E-state index contributed by atoms with van der Waals surface area (Å²) >= 11 is 0. The molecule has 0 bridgehead atoms. The molecule has 0 saturated heterocycles. The summed E-state index contributed by atoms with van der Waals surface area (Å²) in [4.78, 5) is 17.2. The number of nitrogens with one attached hydrogen (secondary N) is 1. The molecule has 1 N–H and O–H groups in total. The van der Waals surface area contributed by atoms with Crippen molar-refractivity contribution in [2.75, 3.05) is 0 Å². The summed E-state index contributed by atoms with van der Waals surface area (Å²) in [7, 11) is 0. The zero-order chi connectivity index (χ0) is 16.8. The van der Waals surface area contributed by atoms with Crippen LogP contribution in [0.15, 0.2) is 79.0 Å². The quantitative estimate of drug-likeness (QED) is 0.745. The van der Waals surface area contributed by atoms with Gasteiger partial charge in [0, 0.05) is 11.8 Å². The normalized spacial score (nSPS) is 11.7. The first kappa shape index (κ1) is 15.9. The van der Waals surface area contributed by atoms with Gasteiger partial charge >= 0.3 is 0 Å². The fraction of sp³-hybridized carbons (Fsp3) is 0.143. The monoisotopic (exact) mass is 316 g/mol. The SMILES string of the molecule is CC[C@@H](NC(=O)c1ccccc1-c1ccccc1)c1ccccn1. The highest BCUT2D eigenvalue weighted by Gasteiger charge is 2.17. The molecule has 3 rings (SSSR count). The molecule has 1 aromatic heterocycles. The van der Waals surface area contributed by atoms with Crippen LogP contribution in [0.25, 0.3) is 11.1 Å². The standard InChI is InChI=1S/C21H20N2O/c1-2-19(20-14-8-9-15-22-20)23-21(24)18-13-7-6-12-17(18)16-10-4-3-5-11-16/h3-15,19H,2H2,1H3,(H,23,24)/t19-/m1/s1. The van der Waals surface area contributed by atoms with Gasteiger partial charge in [-0.1, -0.05) is 61.5 Å². The fourth-order valence-electron chi connectivity index (χ4n) is 2.75. The van der Waals surface area contributed by atoms with E-state index >= 15 is 0 Å². The molecule has 0 spiro atoms. The van der Waals surface area contributed by atoms with Crippen LogP contribution in [0.4, 0.5) is 0 Å². The van der Waals surface area contributed by atoms with Crippen molar-refractivity contribution in [2.45, 2.75) is 19.4 Å². The summed E-state index contributed by atoms with van der Waals surface area (Å²) in [5, 5.41) is 3.11. The van der Waals surface area contributed by atoms with Gasteiger partial charge in [-0.3, -0.25) is 9.78 Å². The maximum absolute atomic E-state index is 12.8. The molecule has 0 radical (unpaired) electrons. The first-order valence-electron chi connectivity index (χ1n) is 8.16. The van der Waals surface area contributed by atoms with Crippen molar-refractivity contribution in [3.63, 3.8) is 0 Å². The van der Waals surface area contributed by atoms with E-state index in [1.54, 1.807) is 6.20 Å². The summed E-state index contributed by atoms with van der Waals surface area (Å²) in [5.41, 5.74) is 3.53. The molecule has 1 heterocycles. The van der Waals surface area contributed by atoms with Crippen LogP contribution in [0.3, 0.4) is 0 Å². The lowest BCUT2D eigenvalue weighted by Crippen LogP contribution is -2.29. The highest BCUT2D eigenvalue weighted by atomic mass is 16.1. The predicted octanol–water partition coefficient (Wildman–Crippen LogP) is 4.63. The van der Waals surface area contributed by atoms with Crippen LogP contribution in [-0.4, -0.2) is 10.9 Å². The first-order chi connectivity index (χ1) is 11.8. The minimum Gasteiger partial charge on any atom is -0.344 e. The smallest absolute Gasteiger partial charge is 0.252 e. The second kappa shape index (κ2) is 7.55. The van der Waals surface area contributed by atoms with Crippen LogP contribution in [-0.2, 0) is 0 Å². The number of amides is 1. The molecule has 1 amide bonds. The van der Waals surface area contributed by atoms with Crippen LogP contribution >= 0.6 is 0 Å². The summed E-state index contributed by atoms with van der Waals surface area (Å²) in [6.07, 6.45) is 2.54. The molecule has 0 aliphatic rings. The van der Waals surface area contributed by atoms with Gasteiger partial charge in [-0.05, 0) is 35.7 Å². The molecule has 0 saturated carbocycles. The number of carbonyl (C=O) groups is 1. The zero-order valence-electron chi connectivity index (χ0n) is 13.6. The Kier molecular flexibility index (Phi) is 5.02. The molecule has 3 aromatic rings. The van der Waals surface area contributed by atoms with E-state index in [9.17, 15) is 4.79 Å². The number of benzene rings is 2. The van der Waals surface area contributed by atoms with Gasteiger partial charge in [0.15, 0.2) is 0 Å². The highest BCUT2D eigenvalue weighted by molar-refractivity contribution is 6.01. The summed E-state index contributed by atoms with van der Waals surface area (Å²) in [6.45, 7) is 2.04. The zero-order valence-corrected chi connectivity index (χ0v) is 13.6. The first-order valence-corrected chi connectivity index (χ1v) is 8.16. The van der Waals surface area contributed by atoms with Crippen LogP contribution in [0.5, 0.6) is 0 Å². The van der Waals surface area contributed by atoms with Crippen LogP contribution in [0, 0.1) is 0 Å². The fourth-order valence-corrected chi connectivity index (χ4v) is 2.75. The summed E-state index contributed by atoms with van der Waals surface area (Å²) < 4.78 is 0. The van der Waals surface area contributed by atoms with E-state index in [-0.39, 0.29) is 11.9 Å². The summed E-state index contributed by atoms with van der Waals surface area (Å²) in [6, 6.07) is 23.3. The largest absolute Gasteiger partial charge is 0.344 e. The van der Waals surface area contributed by atoms with Gasteiger partial charge < -0.3 is 5.32 Å². The molecule has 120 valence electrons. The Hall–Kier alpha value is -2.94. The number of hydrogen-bond donors (Lipinski definition) is 1. The van der Waals surface area contributed by atoms with Crippen LogP contribution in [0.2, 0.25) is 0 Å². The molecule has 0 aliphatic carbocycles. The van der Waals surface area contributed by atoms with E-state index in [1.807, 2.05) is 79.7 Å². The Morgan fingerprint density at radius 3 is 2.38 bits per heavy atom. The Morgan fingerprint density at radius 2 is 1.67 bits per heavy atom. The van der Waals surface area contributed by atoms with Crippen molar-refractivity contribution in [3.05, 3.63) is 90.3 Å². The molecule has 0 fully saturated rings. The minimum atomic E-state index is -0.0949. The Labute approximate surface area is 142 Å². The molecule has 2 aromatic carbocycles. The van der Waals surface area contributed by atoms with Gasteiger partial charge in [0.05, 0.1) is 11.7 Å². The topological polar surface area (TPSA) is 42.0 Å². The summed E-state index contributed by atoms with van der Waals surface area (Å²) in [5.74, 6) is -0.0769. The lowest BCUT2D eigenvalue weighted by atomic mass is 9.98. The van der Waals surface area contributed by atoms with Crippen molar-refractivity contribution < 1.29 is 4.79 Å². The van der Waals surface area contributed by atoms with Gasteiger partial charge in [-0.2, -0.15) is 0 Å². The molecule has 24 heavy (non-hydrogen) atoms. The number of rotatable bonds is 5. The van der Waals surface area contributed by atoms with Crippen LogP contribution in [0.1, 0.15) is 35.4 Å². The molecule has 0 aliphatic heterocycles. The number of aromatic nitrogens is 1. The number of pyridine rings is 1. The maximum atomic E-state index is 12.8. The van der Waals surface area contributed by atoms with Gasteiger partial charge in [0.25, 0.3) is 5.91 Å². The number of hydrogen-bond acceptors (Lipinski definition) is 2. The van der Waals surface area contributed by atoms with E-state index in [1.165, 1.54) is 0 Å². The lowest BCUT2D eigenvalue weighted by Gasteiger charge is -2.18. The third-order valence-electron chi connectivity index (χ3n) is 4.01. The van der Waals surface area contributed by atoms with Crippen molar-refractivity contribution in [1.82, 2.24) is 10.3 Å². The number of nitrogens with zero attached hydrogens (tertiary/aromatic N) is 1. The third kappa shape index (κ3) is 3.51. The minimum absolute atomic E-state index is 0.0769. The molecular weight excluding hydrogens is 296 g/mol. The molecule has 0 unspecified atom stereocenters. The van der Waals surface area contributed by atoms with Crippen molar-refractivity contribution in [3.8, 4) is 11.1 Å². The van der Waals surface area contributed by atoms with E-state index < -0.39 is 0 Å². The van der Waals surface area contributed by atoms with E-state index in [0.29, 0.717) is 5.56 Å². The van der Waals surface area contributed by atoms with E-state index in [4.69, 9.17) is 0 Å². The molecular formula is C21H20N2O. The average Bonchev–Trinajstić information content (AvgIpc) is 2.67. The molecule has 3 nitrogen and oxygen atoms in total. The van der Waals surface area contributed by atoms with Gasteiger partial charge in [0.2, 0.25) is 0 Å². The Balaban J connectivity index is 1.88. The average molecular weight is 316 g/mol. The second-order valence-electron chi connectivity index (χ2n) is 5.60.